The molecule has 4 N–H and O–H groups in total. The average molecular weight is 454 g/mol. The van der Waals surface area contributed by atoms with E-state index in [1.54, 1.807) is 0 Å². The summed E-state index contributed by atoms with van der Waals surface area (Å²) < 4.78 is 50.1. The van der Waals surface area contributed by atoms with Crippen molar-refractivity contribution in [3.63, 3.8) is 0 Å². The van der Waals surface area contributed by atoms with Gasteiger partial charge in [0.25, 0.3) is 5.56 Å². The molecule has 0 spiro atoms. The summed E-state index contributed by atoms with van der Waals surface area (Å²) in [6.45, 7) is 0.302. The van der Waals surface area contributed by atoms with Crippen LogP contribution in [0.2, 0.25) is 0 Å². The Morgan fingerprint density at radius 1 is 1.10 bits per heavy atom. The first-order chi connectivity index (χ1) is 14.8. The van der Waals surface area contributed by atoms with Crippen LogP contribution in [0.5, 0.6) is 0 Å². The maximum absolute atomic E-state index is 15.9. The van der Waals surface area contributed by atoms with E-state index < -0.39 is 45.6 Å². The largest absolute Gasteiger partial charge is 0.396 e. The molecule has 166 valence electrons. The molecule has 2 fully saturated rings. The van der Waals surface area contributed by atoms with Crippen molar-refractivity contribution in [3.05, 3.63) is 38.0 Å². The molecule has 2 atom stereocenters. The minimum Gasteiger partial charge on any atom is -0.396 e. The van der Waals surface area contributed by atoms with Crippen molar-refractivity contribution in [2.75, 3.05) is 24.6 Å². The van der Waals surface area contributed by atoms with Crippen molar-refractivity contribution >= 4 is 38.3 Å². The van der Waals surface area contributed by atoms with Gasteiger partial charge in [-0.3, -0.25) is 14.0 Å². The summed E-state index contributed by atoms with van der Waals surface area (Å²) in [4.78, 5) is 26.6. The number of hydrogen-bond donors (Lipinski definition) is 3. The molecular formula is C20H21F3N4O3S. The molecule has 31 heavy (non-hydrogen) atoms. The number of aromatic amines is 1. The first-order valence-corrected chi connectivity index (χ1v) is 11.0. The van der Waals surface area contributed by atoms with Crippen molar-refractivity contribution in [2.45, 2.75) is 37.8 Å². The minimum atomic E-state index is -1.46. The fraction of sp³-hybridized carbons (Fsp3) is 0.500. The molecule has 0 radical (unpaired) electrons. The average Bonchev–Trinajstić information content (AvgIpc) is 3.50. The van der Waals surface area contributed by atoms with E-state index in [1.807, 2.05) is 0 Å². The number of piperidine rings is 1. The van der Waals surface area contributed by atoms with E-state index in [0.717, 1.165) is 11.5 Å². The van der Waals surface area contributed by atoms with Gasteiger partial charge in [0.05, 0.1) is 10.9 Å². The van der Waals surface area contributed by atoms with E-state index in [2.05, 4.69) is 4.37 Å². The summed E-state index contributed by atoms with van der Waals surface area (Å²) in [5.74, 6) is -3.93. The van der Waals surface area contributed by atoms with Gasteiger partial charge in [-0.2, -0.15) is 0 Å². The number of H-pyrrole nitrogens is 1. The Kier molecular flexibility index (Phi) is 4.87. The molecule has 0 bridgehead atoms. The van der Waals surface area contributed by atoms with Crippen molar-refractivity contribution in [3.8, 4) is 0 Å². The maximum atomic E-state index is 15.9. The smallest absolute Gasteiger partial charge is 0.271 e. The number of pyridine rings is 1. The van der Waals surface area contributed by atoms with Crippen LogP contribution in [0.1, 0.15) is 31.7 Å². The Morgan fingerprint density at radius 3 is 2.48 bits per heavy atom. The van der Waals surface area contributed by atoms with Gasteiger partial charge >= 0.3 is 0 Å². The van der Waals surface area contributed by atoms with Gasteiger partial charge < -0.3 is 20.3 Å². The maximum Gasteiger partial charge on any atom is 0.271 e. The summed E-state index contributed by atoms with van der Waals surface area (Å²) >= 11 is 0.890. The number of hydrogen-bond acceptors (Lipinski definition) is 6. The first-order valence-electron chi connectivity index (χ1n) is 10.2. The molecule has 0 unspecified atom stereocenters. The lowest BCUT2D eigenvalue weighted by Gasteiger charge is -2.38. The standard InChI is InChI=1S/C20H21F3N4O3S/c21-13-11-16(27(9-1-2-9)20-12(18(11)29)19(30)25-31-20)15(23)17(14(13)22)26-5-3-8(4-6-28)10(24)7-26/h8-10,28H,1-7,24H2,(H,25,30)/t8-,10+/m1/s1. The Morgan fingerprint density at radius 2 is 1.84 bits per heavy atom. The lowest BCUT2D eigenvalue weighted by Crippen LogP contribution is -2.49. The number of benzene rings is 1. The number of aliphatic hydroxyl groups excluding tert-OH is 1. The molecule has 1 aliphatic carbocycles. The van der Waals surface area contributed by atoms with Gasteiger partial charge in [-0.1, -0.05) is 0 Å². The molecule has 2 aliphatic rings. The van der Waals surface area contributed by atoms with Crippen LogP contribution >= 0.6 is 11.5 Å². The SMILES string of the molecule is N[C@H]1CN(c2c(F)c(F)c3c(=O)c4c(=O)[nH]sc4n(C4CC4)c3c2F)CC[C@@H]1CCO. The van der Waals surface area contributed by atoms with Crippen LogP contribution in [-0.4, -0.2) is 39.8 Å². The van der Waals surface area contributed by atoms with E-state index in [-0.39, 0.29) is 47.4 Å². The monoisotopic (exact) mass is 454 g/mol. The number of nitrogens with zero attached hydrogens (tertiary/aromatic N) is 2. The molecule has 11 heteroatoms. The normalized spacial score (nSPS) is 22.0. The molecule has 1 aromatic carbocycles. The summed E-state index contributed by atoms with van der Waals surface area (Å²) in [5.41, 5.74) is 3.59. The highest BCUT2D eigenvalue weighted by atomic mass is 32.1. The second-order valence-corrected chi connectivity index (χ2v) is 9.12. The lowest BCUT2D eigenvalue weighted by molar-refractivity contribution is 0.226. The zero-order valence-corrected chi connectivity index (χ0v) is 17.3. The van der Waals surface area contributed by atoms with E-state index in [4.69, 9.17) is 10.8 Å². The van der Waals surface area contributed by atoms with Crippen molar-refractivity contribution in [2.24, 2.45) is 11.7 Å². The molecule has 3 aromatic rings. The Bertz CT molecular complexity index is 1310. The number of aliphatic hydroxyl groups is 1. The van der Waals surface area contributed by atoms with Crippen LogP contribution in [0.25, 0.3) is 21.1 Å². The third-order valence-electron chi connectivity index (χ3n) is 6.40. The molecule has 7 nitrogen and oxygen atoms in total. The van der Waals surface area contributed by atoms with Crippen LogP contribution in [0.3, 0.4) is 0 Å². The first kappa shape index (κ1) is 20.5. The number of anilines is 1. The van der Waals surface area contributed by atoms with Crippen LogP contribution in [0.4, 0.5) is 18.9 Å². The number of halogens is 3. The summed E-state index contributed by atoms with van der Waals surface area (Å²) in [5, 5.41) is 8.16. The van der Waals surface area contributed by atoms with Crippen molar-refractivity contribution in [1.29, 1.82) is 0 Å². The Hall–Kier alpha value is -2.37. The molecule has 2 aromatic heterocycles. The van der Waals surface area contributed by atoms with Gasteiger partial charge in [0.15, 0.2) is 17.5 Å². The van der Waals surface area contributed by atoms with E-state index in [1.165, 1.54) is 9.47 Å². The van der Waals surface area contributed by atoms with Gasteiger partial charge in [0.2, 0.25) is 5.43 Å². The summed E-state index contributed by atoms with van der Waals surface area (Å²) in [6, 6.07) is -0.636. The molecular weight excluding hydrogens is 433 g/mol. The molecule has 0 amide bonds. The zero-order chi connectivity index (χ0) is 22.0. The summed E-state index contributed by atoms with van der Waals surface area (Å²) in [7, 11) is 0. The lowest BCUT2D eigenvalue weighted by atomic mass is 9.89. The Balaban J connectivity index is 1.77. The van der Waals surface area contributed by atoms with Crippen molar-refractivity contribution in [1.82, 2.24) is 8.94 Å². The number of rotatable bonds is 4. The van der Waals surface area contributed by atoms with Gasteiger partial charge in [0.1, 0.15) is 15.9 Å². The van der Waals surface area contributed by atoms with Crippen LogP contribution in [0.15, 0.2) is 9.59 Å². The van der Waals surface area contributed by atoms with Gasteiger partial charge in [-0.15, -0.1) is 0 Å². The van der Waals surface area contributed by atoms with Crippen LogP contribution in [-0.2, 0) is 0 Å². The van der Waals surface area contributed by atoms with Gasteiger partial charge in [-0.25, -0.2) is 13.2 Å². The minimum absolute atomic E-state index is 0.000855. The highest BCUT2D eigenvalue weighted by Gasteiger charge is 2.36. The molecule has 1 saturated carbocycles. The van der Waals surface area contributed by atoms with E-state index >= 15 is 13.2 Å². The summed E-state index contributed by atoms with van der Waals surface area (Å²) in [6.07, 6.45) is 2.35. The molecule has 3 heterocycles. The third kappa shape index (κ3) is 3.01. The number of nitrogens with two attached hydrogens (primary N) is 1. The van der Waals surface area contributed by atoms with Crippen LogP contribution < -0.4 is 21.6 Å². The molecule has 5 rings (SSSR count). The highest BCUT2D eigenvalue weighted by Crippen LogP contribution is 2.43. The number of nitrogens with one attached hydrogen (secondary N) is 1. The fourth-order valence-corrected chi connectivity index (χ4v) is 5.59. The third-order valence-corrected chi connectivity index (χ3v) is 7.28. The molecule has 1 aliphatic heterocycles. The second-order valence-electron chi connectivity index (χ2n) is 8.33. The van der Waals surface area contributed by atoms with Crippen LogP contribution in [0, 0.1) is 23.4 Å². The van der Waals surface area contributed by atoms with E-state index in [9.17, 15) is 9.59 Å². The van der Waals surface area contributed by atoms with E-state index in [0.29, 0.717) is 25.7 Å². The molecule has 1 saturated heterocycles. The van der Waals surface area contributed by atoms with Crippen molar-refractivity contribution < 1.29 is 18.3 Å². The quantitative estimate of drug-likeness (QED) is 0.525. The zero-order valence-electron chi connectivity index (χ0n) is 16.5. The van der Waals surface area contributed by atoms with Gasteiger partial charge in [-0.05, 0) is 43.1 Å². The predicted molar refractivity (Wildman–Crippen MR) is 112 cm³/mol. The highest BCUT2D eigenvalue weighted by molar-refractivity contribution is 7.12. The predicted octanol–water partition coefficient (Wildman–Crippen LogP) is 2.19. The number of fused-ring (bicyclic) bond motifs is 2. The van der Waals surface area contributed by atoms with Gasteiger partial charge in [0, 0.05) is 31.8 Å². The topological polar surface area (TPSA) is 104 Å². The second kappa shape index (κ2) is 7.35. The fourth-order valence-electron chi connectivity index (χ4n) is 4.68. The Labute approximate surface area is 178 Å². The number of aromatic nitrogens is 2.